The van der Waals surface area contributed by atoms with Gasteiger partial charge in [0.1, 0.15) is 4.90 Å². The van der Waals surface area contributed by atoms with Crippen molar-refractivity contribution in [2.75, 3.05) is 12.3 Å². The summed E-state index contributed by atoms with van der Waals surface area (Å²) in [4.78, 5) is 2.75. The number of halogens is 3. The number of aromatic nitrogens is 1. The monoisotopic (exact) mass is 321 g/mol. The van der Waals surface area contributed by atoms with E-state index in [2.05, 4.69) is 9.71 Å². The number of aromatic amines is 1. The molecule has 2 aromatic rings. The zero-order valence-corrected chi connectivity index (χ0v) is 11.7. The zero-order valence-electron chi connectivity index (χ0n) is 10.9. The summed E-state index contributed by atoms with van der Waals surface area (Å²) in [7, 11) is -3.88. The number of nitrogens with one attached hydrogen (secondary N) is 2. The molecule has 1 heterocycles. The van der Waals surface area contributed by atoms with E-state index in [0.29, 0.717) is 16.6 Å². The number of anilines is 1. The minimum Gasteiger partial charge on any atom is -0.399 e. The third-order valence-corrected chi connectivity index (χ3v) is 4.39. The van der Waals surface area contributed by atoms with Gasteiger partial charge in [0, 0.05) is 35.8 Å². The predicted molar refractivity (Wildman–Crippen MR) is 73.2 cm³/mol. The molecule has 0 aliphatic carbocycles. The largest absolute Gasteiger partial charge is 0.399 e. The highest BCUT2D eigenvalue weighted by Crippen LogP contribution is 2.25. The van der Waals surface area contributed by atoms with Gasteiger partial charge in [0.05, 0.1) is 0 Å². The second kappa shape index (κ2) is 5.57. The Morgan fingerprint density at radius 2 is 2.00 bits per heavy atom. The SMILES string of the molecule is Nc1ccc2[nH]cc(S(=O)(=O)NCCCC(F)(F)F)c2c1. The molecule has 1 aromatic carbocycles. The van der Waals surface area contributed by atoms with E-state index in [1.54, 1.807) is 12.1 Å². The van der Waals surface area contributed by atoms with Gasteiger partial charge in [-0.05, 0) is 24.6 Å². The molecule has 0 aliphatic rings. The Kier molecular flexibility index (Phi) is 4.15. The molecule has 1 aromatic heterocycles. The number of hydrogen-bond acceptors (Lipinski definition) is 3. The molecule has 0 unspecified atom stereocenters. The van der Waals surface area contributed by atoms with Crippen molar-refractivity contribution in [1.82, 2.24) is 9.71 Å². The van der Waals surface area contributed by atoms with Gasteiger partial charge in [-0.25, -0.2) is 13.1 Å². The van der Waals surface area contributed by atoms with Crippen LogP contribution in [0.1, 0.15) is 12.8 Å². The van der Waals surface area contributed by atoms with Crippen LogP contribution in [-0.4, -0.2) is 26.1 Å². The molecule has 0 atom stereocenters. The molecule has 21 heavy (non-hydrogen) atoms. The Balaban J connectivity index is 2.13. The molecule has 116 valence electrons. The van der Waals surface area contributed by atoms with Gasteiger partial charge in [0.2, 0.25) is 10.0 Å². The summed E-state index contributed by atoms with van der Waals surface area (Å²) in [6.07, 6.45) is -4.35. The van der Waals surface area contributed by atoms with Gasteiger partial charge < -0.3 is 10.7 Å². The first kappa shape index (κ1) is 15.6. The van der Waals surface area contributed by atoms with Crippen molar-refractivity contribution in [2.24, 2.45) is 0 Å². The number of fused-ring (bicyclic) bond motifs is 1. The summed E-state index contributed by atoms with van der Waals surface area (Å²) in [6.45, 7) is -0.281. The van der Waals surface area contributed by atoms with Gasteiger partial charge in [-0.2, -0.15) is 13.2 Å². The normalized spacial score (nSPS) is 12.9. The summed E-state index contributed by atoms with van der Waals surface area (Å²) in [6, 6.07) is 4.75. The lowest BCUT2D eigenvalue weighted by molar-refractivity contribution is -0.135. The Morgan fingerprint density at radius 1 is 1.29 bits per heavy atom. The van der Waals surface area contributed by atoms with Crippen LogP contribution >= 0.6 is 0 Å². The number of benzene rings is 1. The topological polar surface area (TPSA) is 88.0 Å². The van der Waals surface area contributed by atoms with Crippen LogP contribution in [0.5, 0.6) is 0 Å². The van der Waals surface area contributed by atoms with Crippen LogP contribution in [0.3, 0.4) is 0 Å². The third kappa shape index (κ3) is 3.88. The van der Waals surface area contributed by atoms with Crippen molar-refractivity contribution in [1.29, 1.82) is 0 Å². The molecular formula is C12H14F3N3O2S. The van der Waals surface area contributed by atoms with Crippen molar-refractivity contribution in [3.8, 4) is 0 Å². The van der Waals surface area contributed by atoms with E-state index in [4.69, 9.17) is 5.73 Å². The average Bonchev–Trinajstić information content (AvgIpc) is 2.77. The quantitative estimate of drug-likeness (QED) is 0.583. The molecule has 5 nitrogen and oxygen atoms in total. The molecule has 0 spiro atoms. The van der Waals surface area contributed by atoms with Gasteiger partial charge in [-0.3, -0.25) is 0 Å². The maximum absolute atomic E-state index is 12.1. The molecule has 2 rings (SSSR count). The Morgan fingerprint density at radius 3 is 2.67 bits per heavy atom. The van der Waals surface area contributed by atoms with Gasteiger partial charge in [-0.15, -0.1) is 0 Å². The Bertz CT molecular complexity index is 738. The first-order valence-electron chi connectivity index (χ1n) is 6.12. The average molecular weight is 321 g/mol. The van der Waals surface area contributed by atoms with Crippen molar-refractivity contribution < 1.29 is 21.6 Å². The number of hydrogen-bond donors (Lipinski definition) is 3. The predicted octanol–water partition coefficient (Wildman–Crippen LogP) is 2.37. The molecule has 0 aliphatic heterocycles. The van der Waals surface area contributed by atoms with Gasteiger partial charge in [0.25, 0.3) is 0 Å². The summed E-state index contributed by atoms with van der Waals surface area (Å²) in [5.74, 6) is 0. The zero-order chi connectivity index (χ0) is 15.7. The van der Waals surface area contributed by atoms with Crippen molar-refractivity contribution in [2.45, 2.75) is 23.9 Å². The van der Waals surface area contributed by atoms with E-state index in [9.17, 15) is 21.6 Å². The fourth-order valence-electron chi connectivity index (χ4n) is 1.91. The number of alkyl halides is 3. The minimum absolute atomic E-state index is 0.0307. The highest BCUT2D eigenvalue weighted by molar-refractivity contribution is 7.89. The fraction of sp³-hybridized carbons (Fsp3) is 0.333. The lowest BCUT2D eigenvalue weighted by Crippen LogP contribution is -2.25. The Labute approximate surface area is 119 Å². The molecule has 0 bridgehead atoms. The van der Waals surface area contributed by atoms with Crippen LogP contribution in [-0.2, 0) is 10.0 Å². The number of rotatable bonds is 5. The molecule has 0 saturated carbocycles. The molecule has 4 N–H and O–H groups in total. The maximum Gasteiger partial charge on any atom is 0.389 e. The fourth-order valence-corrected chi connectivity index (χ4v) is 3.15. The summed E-state index contributed by atoms with van der Waals surface area (Å²) >= 11 is 0. The second-order valence-corrected chi connectivity index (χ2v) is 6.31. The molecule has 0 saturated heterocycles. The minimum atomic E-state index is -4.29. The smallest absolute Gasteiger partial charge is 0.389 e. The van der Waals surface area contributed by atoms with Crippen molar-refractivity contribution in [3.05, 3.63) is 24.4 Å². The first-order valence-corrected chi connectivity index (χ1v) is 7.60. The highest BCUT2D eigenvalue weighted by atomic mass is 32.2. The lowest BCUT2D eigenvalue weighted by atomic mass is 10.2. The number of nitrogen functional groups attached to an aromatic ring is 1. The highest BCUT2D eigenvalue weighted by Gasteiger charge is 2.26. The first-order chi connectivity index (χ1) is 9.69. The van der Waals surface area contributed by atoms with Crippen LogP contribution in [0.2, 0.25) is 0 Å². The molecule has 9 heteroatoms. The van der Waals surface area contributed by atoms with Crippen LogP contribution in [0, 0.1) is 0 Å². The second-order valence-electron chi connectivity index (χ2n) is 4.57. The molecule has 0 amide bonds. The van der Waals surface area contributed by atoms with Gasteiger partial charge >= 0.3 is 6.18 Å². The number of nitrogens with two attached hydrogens (primary N) is 1. The van der Waals surface area contributed by atoms with E-state index in [-0.39, 0.29) is 17.9 Å². The Hall–Kier alpha value is -1.74. The summed E-state index contributed by atoms with van der Waals surface area (Å²) < 4.78 is 62.4. The molecule has 0 radical (unpaired) electrons. The van der Waals surface area contributed by atoms with E-state index >= 15 is 0 Å². The number of sulfonamides is 1. The number of H-pyrrole nitrogens is 1. The van der Waals surface area contributed by atoms with Gasteiger partial charge in [0.15, 0.2) is 0 Å². The summed E-state index contributed by atoms with van der Waals surface area (Å²) in [5, 5.41) is 0.401. The summed E-state index contributed by atoms with van der Waals surface area (Å²) in [5.41, 5.74) is 6.59. The van der Waals surface area contributed by atoms with Crippen LogP contribution in [0.25, 0.3) is 10.9 Å². The molecule has 0 fully saturated rings. The van der Waals surface area contributed by atoms with Crippen molar-refractivity contribution in [3.63, 3.8) is 0 Å². The maximum atomic E-state index is 12.1. The van der Waals surface area contributed by atoms with Crippen LogP contribution in [0.15, 0.2) is 29.3 Å². The van der Waals surface area contributed by atoms with Crippen molar-refractivity contribution >= 4 is 26.6 Å². The van der Waals surface area contributed by atoms with E-state index in [0.717, 1.165) is 0 Å². The van der Waals surface area contributed by atoms with Crippen LogP contribution in [0.4, 0.5) is 18.9 Å². The van der Waals surface area contributed by atoms with Crippen LogP contribution < -0.4 is 10.5 Å². The van der Waals surface area contributed by atoms with Gasteiger partial charge in [-0.1, -0.05) is 0 Å². The standard InChI is InChI=1S/C12H14F3N3O2S/c13-12(14,15)4-1-5-18-21(19,20)11-7-17-10-3-2-8(16)6-9(10)11/h2-3,6-7,17-18H,1,4-5,16H2. The van der Waals surface area contributed by atoms with E-state index in [1.807, 2.05) is 0 Å². The molecular weight excluding hydrogens is 307 g/mol. The lowest BCUT2D eigenvalue weighted by Gasteiger charge is -2.08. The van der Waals surface area contributed by atoms with E-state index in [1.165, 1.54) is 12.3 Å². The van der Waals surface area contributed by atoms with E-state index < -0.39 is 22.6 Å². The third-order valence-electron chi connectivity index (χ3n) is 2.89.